The maximum Gasteiger partial charge on any atom is 0.375 e. The molecule has 4 aromatic rings. The standard InChI is InChI=1S/C23H17ClO5/c1-13-16-9-7-14-5-3-4-6-17(14)22(16)29-21(13)23(26)28-12-19(25)15-8-10-20(27-2)18(24)11-15/h3-11H,12H2,1-2H3. The van der Waals surface area contributed by atoms with Crippen molar-refractivity contribution in [2.45, 2.75) is 6.92 Å². The van der Waals surface area contributed by atoms with Crippen LogP contribution in [0.4, 0.5) is 0 Å². The number of methoxy groups -OCH3 is 1. The maximum absolute atomic E-state index is 12.6. The highest BCUT2D eigenvalue weighted by Crippen LogP contribution is 2.32. The van der Waals surface area contributed by atoms with E-state index < -0.39 is 12.6 Å². The van der Waals surface area contributed by atoms with Crippen molar-refractivity contribution >= 4 is 45.1 Å². The molecule has 146 valence electrons. The van der Waals surface area contributed by atoms with E-state index in [1.807, 2.05) is 36.4 Å². The van der Waals surface area contributed by atoms with E-state index in [1.165, 1.54) is 13.2 Å². The zero-order valence-corrected chi connectivity index (χ0v) is 16.6. The summed E-state index contributed by atoms with van der Waals surface area (Å²) in [5.74, 6) is -0.500. The number of halogens is 1. The number of fused-ring (bicyclic) bond motifs is 3. The maximum atomic E-state index is 12.6. The monoisotopic (exact) mass is 408 g/mol. The number of hydrogen-bond acceptors (Lipinski definition) is 5. The molecule has 3 aromatic carbocycles. The molecule has 0 saturated carbocycles. The highest BCUT2D eigenvalue weighted by molar-refractivity contribution is 6.32. The second-order valence-electron chi connectivity index (χ2n) is 6.57. The van der Waals surface area contributed by atoms with Crippen LogP contribution in [0, 0.1) is 6.92 Å². The van der Waals surface area contributed by atoms with Crippen LogP contribution in [0.2, 0.25) is 5.02 Å². The molecule has 0 unspecified atom stereocenters. The van der Waals surface area contributed by atoms with Crippen LogP contribution < -0.4 is 4.74 Å². The van der Waals surface area contributed by atoms with Gasteiger partial charge in [-0.1, -0.05) is 48.0 Å². The summed E-state index contributed by atoms with van der Waals surface area (Å²) < 4.78 is 16.1. The third-order valence-electron chi connectivity index (χ3n) is 4.82. The Bertz CT molecular complexity index is 1260. The van der Waals surface area contributed by atoms with Crippen LogP contribution >= 0.6 is 11.6 Å². The number of furan rings is 1. The Labute approximate surface area is 171 Å². The highest BCUT2D eigenvalue weighted by Gasteiger charge is 2.21. The molecule has 0 spiro atoms. The van der Waals surface area contributed by atoms with E-state index in [1.54, 1.807) is 19.1 Å². The minimum absolute atomic E-state index is 0.0944. The fourth-order valence-electron chi connectivity index (χ4n) is 3.26. The number of hydrogen-bond donors (Lipinski definition) is 0. The van der Waals surface area contributed by atoms with Crippen molar-refractivity contribution in [1.29, 1.82) is 0 Å². The predicted molar refractivity (Wildman–Crippen MR) is 111 cm³/mol. The first kappa shape index (κ1) is 19.0. The number of esters is 1. The summed E-state index contributed by atoms with van der Waals surface area (Å²) in [6.07, 6.45) is 0. The summed E-state index contributed by atoms with van der Waals surface area (Å²) in [6.45, 7) is 1.38. The van der Waals surface area contributed by atoms with Gasteiger partial charge in [-0.15, -0.1) is 0 Å². The van der Waals surface area contributed by atoms with Crippen molar-refractivity contribution < 1.29 is 23.5 Å². The first-order valence-electron chi connectivity index (χ1n) is 8.94. The van der Waals surface area contributed by atoms with Crippen LogP contribution in [0.15, 0.2) is 59.0 Å². The van der Waals surface area contributed by atoms with Crippen LogP contribution in [-0.4, -0.2) is 25.5 Å². The number of benzene rings is 3. The molecular formula is C23H17ClO5. The minimum Gasteiger partial charge on any atom is -0.495 e. The van der Waals surface area contributed by atoms with Crippen molar-refractivity contribution in [1.82, 2.24) is 0 Å². The van der Waals surface area contributed by atoms with Crippen LogP contribution in [0.25, 0.3) is 21.7 Å². The summed E-state index contributed by atoms with van der Waals surface area (Å²) in [7, 11) is 1.49. The predicted octanol–water partition coefficient (Wildman–Crippen LogP) is 5.60. The van der Waals surface area contributed by atoms with Gasteiger partial charge in [0, 0.05) is 21.9 Å². The molecule has 0 atom stereocenters. The molecule has 29 heavy (non-hydrogen) atoms. The number of ether oxygens (including phenoxy) is 2. The number of ketones is 1. The van der Waals surface area contributed by atoms with Crippen molar-refractivity contribution in [2.24, 2.45) is 0 Å². The molecule has 0 aliphatic carbocycles. The fourth-order valence-corrected chi connectivity index (χ4v) is 3.52. The van der Waals surface area contributed by atoms with Crippen molar-refractivity contribution in [3.63, 3.8) is 0 Å². The number of rotatable bonds is 5. The van der Waals surface area contributed by atoms with Gasteiger partial charge in [-0.2, -0.15) is 0 Å². The molecule has 0 bridgehead atoms. The zero-order chi connectivity index (χ0) is 20.5. The zero-order valence-electron chi connectivity index (χ0n) is 15.8. The summed E-state index contributed by atoms with van der Waals surface area (Å²) in [5, 5.41) is 3.07. The van der Waals surface area contributed by atoms with Crippen molar-refractivity contribution in [3.8, 4) is 5.75 Å². The molecule has 1 heterocycles. The Morgan fingerprint density at radius 1 is 1.03 bits per heavy atom. The lowest BCUT2D eigenvalue weighted by molar-refractivity contribution is 0.0445. The quantitative estimate of drug-likeness (QED) is 0.318. The van der Waals surface area contributed by atoms with Gasteiger partial charge in [0.1, 0.15) is 11.3 Å². The average molecular weight is 409 g/mol. The minimum atomic E-state index is -0.685. The molecule has 0 N–H and O–H groups in total. The second kappa shape index (κ2) is 7.60. The first-order chi connectivity index (χ1) is 14.0. The first-order valence-corrected chi connectivity index (χ1v) is 9.32. The van der Waals surface area contributed by atoms with Gasteiger partial charge in [0.15, 0.2) is 12.4 Å². The van der Waals surface area contributed by atoms with Crippen LogP contribution in [0.3, 0.4) is 0 Å². The van der Waals surface area contributed by atoms with E-state index >= 15 is 0 Å². The van der Waals surface area contributed by atoms with E-state index in [-0.39, 0.29) is 11.5 Å². The lowest BCUT2D eigenvalue weighted by Gasteiger charge is -2.06. The third-order valence-corrected chi connectivity index (χ3v) is 5.12. The number of aryl methyl sites for hydroxylation is 1. The Kier molecular flexibility index (Phi) is 4.99. The second-order valence-corrected chi connectivity index (χ2v) is 6.98. The molecule has 5 nitrogen and oxygen atoms in total. The lowest BCUT2D eigenvalue weighted by Crippen LogP contribution is -2.14. The molecule has 6 heteroatoms. The summed E-state index contributed by atoms with van der Waals surface area (Å²) in [4.78, 5) is 24.9. The van der Waals surface area contributed by atoms with E-state index in [0.717, 1.165) is 16.2 Å². The van der Waals surface area contributed by atoms with Crippen LogP contribution in [-0.2, 0) is 4.74 Å². The van der Waals surface area contributed by atoms with Gasteiger partial charge in [-0.25, -0.2) is 4.79 Å². The summed E-state index contributed by atoms with van der Waals surface area (Å²) in [6, 6.07) is 16.3. The number of carbonyl (C=O) groups is 2. The molecule has 0 amide bonds. The topological polar surface area (TPSA) is 65.7 Å². The SMILES string of the molecule is COc1ccc(C(=O)COC(=O)c2oc3c(ccc4ccccc43)c2C)cc1Cl. The Morgan fingerprint density at radius 3 is 2.59 bits per heavy atom. The van der Waals surface area contributed by atoms with E-state index in [2.05, 4.69) is 0 Å². The van der Waals surface area contributed by atoms with Crippen molar-refractivity contribution in [2.75, 3.05) is 13.7 Å². The van der Waals surface area contributed by atoms with Gasteiger partial charge in [0.2, 0.25) is 5.76 Å². The largest absolute Gasteiger partial charge is 0.495 e. The van der Waals surface area contributed by atoms with Crippen LogP contribution in [0.1, 0.15) is 26.5 Å². The normalized spacial score (nSPS) is 11.0. The molecule has 0 aliphatic heterocycles. The van der Waals surface area contributed by atoms with Gasteiger partial charge in [0.25, 0.3) is 0 Å². The van der Waals surface area contributed by atoms with Gasteiger partial charge in [-0.3, -0.25) is 4.79 Å². The van der Waals surface area contributed by atoms with E-state index in [4.69, 9.17) is 25.5 Å². The summed E-state index contributed by atoms with van der Waals surface area (Å²) in [5.41, 5.74) is 1.63. The Balaban J connectivity index is 1.56. The lowest BCUT2D eigenvalue weighted by atomic mass is 10.1. The van der Waals surface area contributed by atoms with Gasteiger partial charge in [-0.05, 0) is 30.5 Å². The Hall–Kier alpha value is -3.31. The van der Waals surface area contributed by atoms with Gasteiger partial charge < -0.3 is 13.9 Å². The molecule has 0 saturated heterocycles. The van der Waals surface area contributed by atoms with E-state index in [0.29, 0.717) is 27.5 Å². The van der Waals surface area contributed by atoms with Gasteiger partial charge in [0.05, 0.1) is 12.1 Å². The average Bonchev–Trinajstić information content (AvgIpc) is 3.08. The molecule has 0 fully saturated rings. The fraction of sp³-hybridized carbons (Fsp3) is 0.130. The molecule has 4 rings (SSSR count). The van der Waals surface area contributed by atoms with Gasteiger partial charge >= 0.3 is 5.97 Å². The molecular weight excluding hydrogens is 392 g/mol. The summed E-state index contributed by atoms with van der Waals surface area (Å²) >= 11 is 6.05. The number of carbonyl (C=O) groups excluding carboxylic acids is 2. The third kappa shape index (κ3) is 3.45. The number of Topliss-reactive ketones (excluding diaryl/α,β-unsaturated/α-hetero) is 1. The molecule has 0 radical (unpaired) electrons. The van der Waals surface area contributed by atoms with Crippen molar-refractivity contribution in [3.05, 3.63) is 76.5 Å². The highest BCUT2D eigenvalue weighted by atomic mass is 35.5. The smallest absolute Gasteiger partial charge is 0.375 e. The molecule has 0 aliphatic rings. The van der Waals surface area contributed by atoms with Crippen LogP contribution in [0.5, 0.6) is 5.75 Å². The Morgan fingerprint density at radius 2 is 1.83 bits per heavy atom. The molecule has 1 aromatic heterocycles. The van der Waals surface area contributed by atoms with E-state index in [9.17, 15) is 9.59 Å².